The van der Waals surface area contributed by atoms with Crippen molar-refractivity contribution in [3.05, 3.63) is 41.3 Å². The van der Waals surface area contributed by atoms with Gasteiger partial charge in [-0.05, 0) is 37.8 Å². The summed E-state index contributed by atoms with van der Waals surface area (Å²) in [5, 5.41) is 0. The van der Waals surface area contributed by atoms with Gasteiger partial charge in [-0.3, -0.25) is 0 Å². The van der Waals surface area contributed by atoms with Gasteiger partial charge < -0.3 is 0 Å². The summed E-state index contributed by atoms with van der Waals surface area (Å²) >= 11 is 0. The Labute approximate surface area is 82.0 Å². The standard InChI is InChI=1S/C13H19/c1-4-5-6-7-13-10-11(2)8-9-12(13)3/h6,8-10H,4-5,7H2,1-3H3. The molecule has 0 aliphatic rings. The van der Waals surface area contributed by atoms with Gasteiger partial charge in [0.2, 0.25) is 0 Å². The van der Waals surface area contributed by atoms with E-state index in [4.69, 9.17) is 0 Å². The SMILES string of the molecule is CCC[CH]Cc1cc(C)ccc1C. The Bertz CT molecular complexity index is 261. The van der Waals surface area contributed by atoms with Gasteiger partial charge in [0.05, 0.1) is 0 Å². The van der Waals surface area contributed by atoms with Crippen LogP contribution in [0.2, 0.25) is 0 Å². The van der Waals surface area contributed by atoms with Gasteiger partial charge in [0.1, 0.15) is 0 Å². The third kappa shape index (κ3) is 3.22. The molecule has 0 spiro atoms. The van der Waals surface area contributed by atoms with Gasteiger partial charge in [0, 0.05) is 0 Å². The first kappa shape index (κ1) is 10.3. The van der Waals surface area contributed by atoms with Crippen molar-refractivity contribution in [2.75, 3.05) is 0 Å². The molecule has 0 fully saturated rings. The second-order valence-corrected chi connectivity index (χ2v) is 3.71. The van der Waals surface area contributed by atoms with Crippen LogP contribution in [-0.4, -0.2) is 0 Å². The van der Waals surface area contributed by atoms with Crippen molar-refractivity contribution in [2.24, 2.45) is 0 Å². The van der Waals surface area contributed by atoms with Crippen molar-refractivity contribution in [1.29, 1.82) is 0 Å². The van der Waals surface area contributed by atoms with Crippen LogP contribution in [0.5, 0.6) is 0 Å². The Kier molecular flexibility index (Phi) is 4.01. The molecule has 0 saturated carbocycles. The number of unbranched alkanes of at least 4 members (excludes halogenated alkanes) is 2. The van der Waals surface area contributed by atoms with Gasteiger partial charge in [0.15, 0.2) is 0 Å². The zero-order valence-electron chi connectivity index (χ0n) is 8.93. The van der Waals surface area contributed by atoms with Gasteiger partial charge in [-0.1, -0.05) is 43.5 Å². The smallest absolute Gasteiger partial charge is 0.0245 e. The van der Waals surface area contributed by atoms with Crippen LogP contribution >= 0.6 is 0 Å². The average molecular weight is 175 g/mol. The van der Waals surface area contributed by atoms with Crippen LogP contribution in [-0.2, 0) is 6.42 Å². The van der Waals surface area contributed by atoms with Crippen LogP contribution in [0.1, 0.15) is 36.5 Å². The molecule has 1 aromatic rings. The number of aryl methyl sites for hydroxylation is 2. The molecule has 71 valence electrons. The van der Waals surface area contributed by atoms with Crippen molar-refractivity contribution in [3.8, 4) is 0 Å². The van der Waals surface area contributed by atoms with Crippen LogP contribution in [0.4, 0.5) is 0 Å². The maximum absolute atomic E-state index is 2.38. The number of benzene rings is 1. The van der Waals surface area contributed by atoms with Crippen LogP contribution < -0.4 is 0 Å². The minimum Gasteiger partial charge on any atom is -0.0654 e. The van der Waals surface area contributed by atoms with E-state index in [2.05, 4.69) is 45.4 Å². The molecule has 1 radical (unpaired) electrons. The Morgan fingerprint density at radius 3 is 2.69 bits per heavy atom. The molecule has 0 unspecified atom stereocenters. The lowest BCUT2D eigenvalue weighted by Crippen LogP contribution is -1.91. The lowest BCUT2D eigenvalue weighted by Gasteiger charge is -2.05. The molecule has 1 aromatic carbocycles. The summed E-state index contributed by atoms with van der Waals surface area (Å²) in [6, 6.07) is 6.69. The van der Waals surface area contributed by atoms with Crippen molar-refractivity contribution < 1.29 is 0 Å². The van der Waals surface area contributed by atoms with Crippen LogP contribution in [0.15, 0.2) is 18.2 Å². The molecule has 0 N–H and O–H groups in total. The number of hydrogen-bond donors (Lipinski definition) is 0. The molecule has 0 saturated heterocycles. The molecule has 0 nitrogen and oxygen atoms in total. The first-order valence-electron chi connectivity index (χ1n) is 5.12. The summed E-state index contributed by atoms with van der Waals surface area (Å²) in [6.07, 6.45) is 5.99. The molecule has 0 bridgehead atoms. The van der Waals surface area contributed by atoms with E-state index in [1.54, 1.807) is 0 Å². The summed E-state index contributed by atoms with van der Waals surface area (Å²) in [5.74, 6) is 0. The predicted molar refractivity (Wildman–Crippen MR) is 58.8 cm³/mol. The van der Waals surface area contributed by atoms with E-state index in [1.165, 1.54) is 29.5 Å². The molecular formula is C13H19. The quantitative estimate of drug-likeness (QED) is 0.610. The van der Waals surface area contributed by atoms with E-state index in [9.17, 15) is 0 Å². The summed E-state index contributed by atoms with van der Waals surface area (Å²) in [5.41, 5.74) is 4.26. The topological polar surface area (TPSA) is 0 Å². The third-order valence-electron chi connectivity index (χ3n) is 2.36. The largest absolute Gasteiger partial charge is 0.0654 e. The first-order valence-corrected chi connectivity index (χ1v) is 5.12. The van der Waals surface area contributed by atoms with E-state index >= 15 is 0 Å². The lowest BCUT2D eigenvalue weighted by atomic mass is 10.0. The van der Waals surface area contributed by atoms with Crippen LogP contribution in [0.3, 0.4) is 0 Å². The Balaban J connectivity index is 2.59. The number of rotatable bonds is 4. The summed E-state index contributed by atoms with van der Waals surface area (Å²) < 4.78 is 0. The molecular weight excluding hydrogens is 156 g/mol. The van der Waals surface area contributed by atoms with Gasteiger partial charge in [-0.2, -0.15) is 0 Å². The van der Waals surface area contributed by atoms with Crippen LogP contribution in [0.25, 0.3) is 0 Å². The van der Waals surface area contributed by atoms with E-state index in [0.29, 0.717) is 0 Å². The third-order valence-corrected chi connectivity index (χ3v) is 2.36. The molecule has 0 aromatic heterocycles. The van der Waals surface area contributed by atoms with E-state index < -0.39 is 0 Å². The molecule has 1 rings (SSSR count). The Hall–Kier alpha value is -0.780. The molecule has 0 heterocycles. The molecule has 13 heavy (non-hydrogen) atoms. The summed E-state index contributed by atoms with van der Waals surface area (Å²) in [7, 11) is 0. The predicted octanol–water partition coefficient (Wildman–Crippen LogP) is 3.85. The highest BCUT2D eigenvalue weighted by atomic mass is 14.0. The summed E-state index contributed by atoms with van der Waals surface area (Å²) in [4.78, 5) is 0. The summed E-state index contributed by atoms with van der Waals surface area (Å²) in [6.45, 7) is 6.57. The first-order chi connectivity index (χ1) is 6.24. The highest BCUT2D eigenvalue weighted by molar-refractivity contribution is 5.31. The highest BCUT2D eigenvalue weighted by Gasteiger charge is 1.97. The van der Waals surface area contributed by atoms with Gasteiger partial charge in [0.25, 0.3) is 0 Å². The maximum atomic E-state index is 2.38. The molecule has 0 amide bonds. The highest BCUT2D eigenvalue weighted by Crippen LogP contribution is 2.13. The zero-order chi connectivity index (χ0) is 9.68. The van der Waals surface area contributed by atoms with Crippen molar-refractivity contribution in [1.82, 2.24) is 0 Å². The van der Waals surface area contributed by atoms with Crippen molar-refractivity contribution in [2.45, 2.75) is 40.0 Å². The fourth-order valence-electron chi connectivity index (χ4n) is 1.48. The van der Waals surface area contributed by atoms with Crippen molar-refractivity contribution in [3.63, 3.8) is 0 Å². The molecule has 0 heteroatoms. The van der Waals surface area contributed by atoms with Gasteiger partial charge >= 0.3 is 0 Å². The molecule has 0 aliphatic carbocycles. The average Bonchev–Trinajstić information content (AvgIpc) is 2.11. The van der Waals surface area contributed by atoms with Crippen molar-refractivity contribution >= 4 is 0 Å². The zero-order valence-corrected chi connectivity index (χ0v) is 8.93. The van der Waals surface area contributed by atoms with E-state index in [1.807, 2.05) is 0 Å². The van der Waals surface area contributed by atoms with E-state index in [-0.39, 0.29) is 0 Å². The normalized spacial score (nSPS) is 10.4. The van der Waals surface area contributed by atoms with E-state index in [0.717, 1.165) is 6.42 Å². The number of hydrogen-bond acceptors (Lipinski definition) is 0. The molecule has 0 atom stereocenters. The monoisotopic (exact) mass is 175 g/mol. The van der Waals surface area contributed by atoms with Gasteiger partial charge in [-0.25, -0.2) is 0 Å². The van der Waals surface area contributed by atoms with Gasteiger partial charge in [-0.15, -0.1) is 0 Å². The molecule has 0 aliphatic heterocycles. The second-order valence-electron chi connectivity index (χ2n) is 3.71. The lowest BCUT2D eigenvalue weighted by molar-refractivity contribution is 0.861. The fourth-order valence-corrected chi connectivity index (χ4v) is 1.48. The second kappa shape index (κ2) is 5.06. The minimum absolute atomic E-state index is 1.13. The Morgan fingerprint density at radius 2 is 2.00 bits per heavy atom. The maximum Gasteiger partial charge on any atom is -0.0245 e. The Morgan fingerprint density at radius 1 is 1.23 bits per heavy atom. The fraction of sp³-hybridized carbons (Fsp3) is 0.462. The van der Waals surface area contributed by atoms with Crippen LogP contribution in [0, 0.1) is 20.3 Å². The minimum atomic E-state index is 1.13.